The normalized spacial score (nSPS) is 9.56. The van der Waals surface area contributed by atoms with Gasteiger partial charge >= 0.3 is 0 Å². The molecule has 5 heteroatoms. The van der Waals surface area contributed by atoms with Crippen molar-refractivity contribution in [2.24, 2.45) is 0 Å². The van der Waals surface area contributed by atoms with Crippen LogP contribution in [0, 0.1) is 6.92 Å². The highest BCUT2D eigenvalue weighted by Gasteiger charge is 1.91. The lowest BCUT2D eigenvalue weighted by Gasteiger charge is -1.95. The van der Waals surface area contributed by atoms with Crippen molar-refractivity contribution < 1.29 is 5.11 Å². The predicted molar refractivity (Wildman–Crippen MR) is 79.4 cm³/mol. The first kappa shape index (κ1) is 15.3. The van der Waals surface area contributed by atoms with E-state index in [0.29, 0.717) is 6.42 Å². The molecule has 0 fully saturated rings. The number of hydrogen-bond acceptors (Lipinski definition) is 3. The summed E-state index contributed by atoms with van der Waals surface area (Å²) in [5.74, 6) is 0. The maximum absolute atomic E-state index is 8.57. The number of aromatic nitrogens is 2. The van der Waals surface area contributed by atoms with Gasteiger partial charge in [-0.15, -0.1) is 0 Å². The molecule has 18 heavy (non-hydrogen) atoms. The Kier molecular flexibility index (Phi) is 7.08. The van der Waals surface area contributed by atoms with E-state index < -0.39 is 0 Å². The van der Waals surface area contributed by atoms with Crippen LogP contribution in [0.25, 0.3) is 0 Å². The Morgan fingerprint density at radius 1 is 1.06 bits per heavy atom. The van der Waals surface area contributed by atoms with Crippen LogP contribution in [0.5, 0.6) is 0 Å². The van der Waals surface area contributed by atoms with Crippen molar-refractivity contribution in [3.8, 4) is 0 Å². The van der Waals surface area contributed by atoms with Gasteiger partial charge in [-0.2, -0.15) is 0 Å². The Morgan fingerprint density at radius 3 is 2.11 bits per heavy atom. The zero-order valence-corrected chi connectivity index (χ0v) is 13.1. The van der Waals surface area contributed by atoms with Gasteiger partial charge in [0.25, 0.3) is 0 Å². The lowest BCUT2D eigenvalue weighted by atomic mass is 10.2. The average Bonchev–Trinajstić information content (AvgIpc) is 2.30. The molecule has 0 aliphatic rings. The van der Waals surface area contributed by atoms with E-state index in [2.05, 4.69) is 41.8 Å². The Labute approximate surface area is 124 Å². The second-order valence-electron chi connectivity index (χ2n) is 3.62. The third-order valence-electron chi connectivity index (χ3n) is 2.07. The van der Waals surface area contributed by atoms with Gasteiger partial charge in [-0.05, 0) is 80.6 Å². The average molecular weight is 374 g/mol. The molecule has 0 saturated heterocycles. The number of aryl methyl sites for hydroxylation is 1. The predicted octanol–water partition coefficient (Wildman–Crippen LogP) is 3.53. The Hall–Kier alpha value is -0.780. The number of hydrogen-bond donors (Lipinski definition) is 1. The third-order valence-corrected chi connectivity index (χ3v) is 2.94. The van der Waals surface area contributed by atoms with Crippen molar-refractivity contribution in [3.05, 3.63) is 57.0 Å². The zero-order valence-electron chi connectivity index (χ0n) is 9.98. The number of pyridine rings is 2. The maximum Gasteiger partial charge on any atom is 0.106 e. The minimum atomic E-state index is 0.191. The highest BCUT2D eigenvalue weighted by atomic mass is 79.9. The summed E-state index contributed by atoms with van der Waals surface area (Å²) in [6, 6.07) is 7.72. The van der Waals surface area contributed by atoms with Crippen molar-refractivity contribution in [1.29, 1.82) is 0 Å². The smallest absolute Gasteiger partial charge is 0.106 e. The SMILES string of the molecule is Cc1ccnc(Br)c1.OCCc1ccnc(Br)c1. The van der Waals surface area contributed by atoms with Crippen LogP contribution < -0.4 is 0 Å². The number of aliphatic hydroxyl groups excluding tert-OH is 1. The molecule has 1 N–H and O–H groups in total. The molecule has 0 aromatic carbocycles. The molecule has 0 bridgehead atoms. The number of nitrogens with zero attached hydrogens (tertiary/aromatic N) is 2. The zero-order chi connectivity index (χ0) is 13.4. The van der Waals surface area contributed by atoms with E-state index in [1.807, 2.05) is 31.2 Å². The summed E-state index contributed by atoms with van der Waals surface area (Å²) in [6.07, 6.45) is 4.19. The summed E-state index contributed by atoms with van der Waals surface area (Å²) in [5.41, 5.74) is 2.33. The molecular formula is C13H14Br2N2O. The minimum Gasteiger partial charge on any atom is -0.396 e. The standard InChI is InChI=1S/C7H8BrNO.C6H6BrN/c8-7-5-6(2-4-10)1-3-9-7;1-5-2-3-8-6(7)4-5/h1,3,5,10H,2,4H2;2-4H,1H3. The van der Waals surface area contributed by atoms with Crippen LogP contribution in [0.15, 0.2) is 45.9 Å². The van der Waals surface area contributed by atoms with Crippen LogP contribution in [0.1, 0.15) is 11.1 Å². The van der Waals surface area contributed by atoms with Gasteiger partial charge < -0.3 is 5.11 Å². The van der Waals surface area contributed by atoms with Gasteiger partial charge in [-0.3, -0.25) is 0 Å². The molecule has 96 valence electrons. The molecule has 2 aromatic heterocycles. The first-order chi connectivity index (χ1) is 8.61. The second kappa shape index (κ2) is 8.34. The van der Waals surface area contributed by atoms with Gasteiger partial charge in [0, 0.05) is 19.0 Å². The van der Waals surface area contributed by atoms with Crippen LogP contribution in [0.3, 0.4) is 0 Å². The molecule has 2 rings (SSSR count). The van der Waals surface area contributed by atoms with Gasteiger partial charge in [-0.1, -0.05) is 0 Å². The fourth-order valence-corrected chi connectivity index (χ4v) is 2.12. The van der Waals surface area contributed by atoms with Crippen molar-refractivity contribution in [2.75, 3.05) is 6.61 Å². The summed E-state index contributed by atoms with van der Waals surface area (Å²) in [7, 11) is 0. The van der Waals surface area contributed by atoms with Crippen molar-refractivity contribution in [2.45, 2.75) is 13.3 Å². The van der Waals surface area contributed by atoms with E-state index in [1.54, 1.807) is 12.4 Å². The summed E-state index contributed by atoms with van der Waals surface area (Å²) in [5, 5.41) is 8.57. The van der Waals surface area contributed by atoms with E-state index in [1.165, 1.54) is 5.56 Å². The fraction of sp³-hybridized carbons (Fsp3) is 0.231. The molecule has 0 aliphatic heterocycles. The quantitative estimate of drug-likeness (QED) is 0.819. The van der Waals surface area contributed by atoms with Gasteiger partial charge in [0.05, 0.1) is 0 Å². The number of aliphatic hydroxyl groups is 1. The molecular weight excluding hydrogens is 360 g/mol. The summed E-state index contributed by atoms with van der Waals surface area (Å²) >= 11 is 6.49. The molecule has 3 nitrogen and oxygen atoms in total. The molecule has 0 radical (unpaired) electrons. The lowest BCUT2D eigenvalue weighted by molar-refractivity contribution is 0.299. The van der Waals surface area contributed by atoms with E-state index in [-0.39, 0.29) is 6.61 Å². The Balaban J connectivity index is 0.000000184. The topological polar surface area (TPSA) is 46.0 Å². The highest BCUT2D eigenvalue weighted by molar-refractivity contribution is 9.10. The second-order valence-corrected chi connectivity index (χ2v) is 5.24. The minimum absolute atomic E-state index is 0.191. The lowest BCUT2D eigenvalue weighted by Crippen LogP contribution is -1.90. The molecule has 0 atom stereocenters. The Morgan fingerprint density at radius 2 is 1.67 bits per heavy atom. The largest absolute Gasteiger partial charge is 0.396 e. The highest BCUT2D eigenvalue weighted by Crippen LogP contribution is 2.07. The number of halogens is 2. The first-order valence-electron chi connectivity index (χ1n) is 5.41. The van der Waals surface area contributed by atoms with Gasteiger partial charge in [-0.25, -0.2) is 9.97 Å². The van der Waals surface area contributed by atoms with Crippen LogP contribution in [-0.4, -0.2) is 21.7 Å². The first-order valence-corrected chi connectivity index (χ1v) is 7.00. The van der Waals surface area contributed by atoms with Crippen LogP contribution in [0.2, 0.25) is 0 Å². The fourth-order valence-electron chi connectivity index (χ4n) is 1.23. The van der Waals surface area contributed by atoms with Crippen molar-refractivity contribution in [1.82, 2.24) is 9.97 Å². The van der Waals surface area contributed by atoms with Crippen LogP contribution >= 0.6 is 31.9 Å². The van der Waals surface area contributed by atoms with E-state index in [9.17, 15) is 0 Å². The van der Waals surface area contributed by atoms with Crippen LogP contribution in [-0.2, 0) is 6.42 Å². The van der Waals surface area contributed by atoms with Gasteiger partial charge in [0.15, 0.2) is 0 Å². The third kappa shape index (κ3) is 6.23. The van der Waals surface area contributed by atoms with Crippen LogP contribution in [0.4, 0.5) is 0 Å². The monoisotopic (exact) mass is 372 g/mol. The summed E-state index contributed by atoms with van der Waals surface area (Å²) < 4.78 is 1.72. The van der Waals surface area contributed by atoms with Gasteiger partial charge in [0.2, 0.25) is 0 Å². The maximum atomic E-state index is 8.57. The summed E-state index contributed by atoms with van der Waals surface area (Å²) in [6.45, 7) is 2.23. The van der Waals surface area contributed by atoms with Crippen molar-refractivity contribution in [3.63, 3.8) is 0 Å². The summed E-state index contributed by atoms with van der Waals surface area (Å²) in [4.78, 5) is 7.91. The molecule has 0 amide bonds. The molecule has 2 aromatic rings. The van der Waals surface area contributed by atoms with Crippen molar-refractivity contribution >= 4 is 31.9 Å². The molecule has 0 unspecified atom stereocenters. The molecule has 2 heterocycles. The number of rotatable bonds is 2. The molecule has 0 saturated carbocycles. The van der Waals surface area contributed by atoms with E-state index in [0.717, 1.165) is 14.8 Å². The van der Waals surface area contributed by atoms with E-state index >= 15 is 0 Å². The molecule has 0 spiro atoms. The van der Waals surface area contributed by atoms with Gasteiger partial charge in [0.1, 0.15) is 9.21 Å². The molecule has 0 aliphatic carbocycles. The van der Waals surface area contributed by atoms with E-state index in [4.69, 9.17) is 5.11 Å². The Bertz CT molecular complexity index is 475.